The number of epoxide rings is 2. The number of nitrogens with two attached hydrogens (primary N) is 1. The Kier molecular flexibility index (Phi) is 2.94. The van der Waals surface area contributed by atoms with E-state index in [-0.39, 0.29) is 0 Å². The first kappa shape index (κ1) is 11.0. The third kappa shape index (κ3) is 2.27. The topological polar surface area (TPSA) is 51.1 Å². The van der Waals surface area contributed by atoms with E-state index in [4.69, 9.17) is 15.2 Å². The molecule has 3 nitrogen and oxygen atoms in total. The Balaban J connectivity index is 1.68. The van der Waals surface area contributed by atoms with E-state index in [9.17, 15) is 0 Å². The Morgan fingerprint density at radius 1 is 1.12 bits per heavy atom. The van der Waals surface area contributed by atoms with Crippen molar-refractivity contribution in [1.29, 1.82) is 0 Å². The lowest BCUT2D eigenvalue weighted by molar-refractivity contribution is 0.0685. The molecule has 0 bridgehead atoms. The molecule has 3 heteroatoms. The fraction of sp³-hybridized carbons (Fsp3) is 1.00. The molecule has 3 fully saturated rings. The summed E-state index contributed by atoms with van der Waals surface area (Å²) in [7, 11) is 0. The van der Waals surface area contributed by atoms with Crippen LogP contribution in [-0.2, 0) is 9.47 Å². The normalized spacial score (nSPS) is 46.7. The van der Waals surface area contributed by atoms with Gasteiger partial charge in [0.1, 0.15) is 0 Å². The van der Waals surface area contributed by atoms with Crippen LogP contribution in [-0.4, -0.2) is 32.0 Å². The monoisotopic (exact) mass is 225 g/mol. The molecule has 16 heavy (non-hydrogen) atoms. The molecule has 1 aliphatic carbocycles. The summed E-state index contributed by atoms with van der Waals surface area (Å²) in [5, 5.41) is 0. The van der Waals surface area contributed by atoms with Gasteiger partial charge in [-0.2, -0.15) is 0 Å². The first-order valence-electron chi connectivity index (χ1n) is 6.76. The smallest absolute Gasteiger partial charge is 0.0815 e. The van der Waals surface area contributed by atoms with Gasteiger partial charge < -0.3 is 15.2 Å². The van der Waals surface area contributed by atoms with Crippen LogP contribution < -0.4 is 5.73 Å². The lowest BCUT2D eigenvalue weighted by Gasteiger charge is -2.43. The van der Waals surface area contributed by atoms with Crippen LogP contribution in [0.15, 0.2) is 0 Å². The molecule has 2 N–H and O–H groups in total. The first-order valence-corrected chi connectivity index (χ1v) is 6.76. The average molecular weight is 225 g/mol. The van der Waals surface area contributed by atoms with E-state index in [0.717, 1.165) is 25.7 Å². The molecule has 4 atom stereocenters. The molecule has 3 rings (SSSR count). The standard InChI is InChI=1S/C13H23NO2/c14-9-13(6-12-8-16-12)4-2-1-3-10(13)5-11-7-15-11/h10-12H,1-9,14H2. The summed E-state index contributed by atoms with van der Waals surface area (Å²) in [6.45, 7) is 2.79. The van der Waals surface area contributed by atoms with E-state index >= 15 is 0 Å². The first-order chi connectivity index (χ1) is 7.82. The summed E-state index contributed by atoms with van der Waals surface area (Å²) in [4.78, 5) is 0. The van der Waals surface area contributed by atoms with E-state index in [2.05, 4.69) is 0 Å². The Morgan fingerprint density at radius 2 is 1.88 bits per heavy atom. The van der Waals surface area contributed by atoms with E-state index < -0.39 is 0 Å². The summed E-state index contributed by atoms with van der Waals surface area (Å²) in [5.74, 6) is 0.781. The summed E-state index contributed by atoms with van der Waals surface area (Å²) in [6, 6.07) is 0. The van der Waals surface area contributed by atoms with Crippen LogP contribution in [0, 0.1) is 11.3 Å². The lowest BCUT2D eigenvalue weighted by atomic mass is 9.62. The SMILES string of the molecule is NCC1(CC2CO2)CCCCC1CC1CO1. The van der Waals surface area contributed by atoms with Crippen molar-refractivity contribution in [2.75, 3.05) is 19.8 Å². The maximum atomic E-state index is 6.10. The van der Waals surface area contributed by atoms with Crippen molar-refractivity contribution >= 4 is 0 Å². The summed E-state index contributed by atoms with van der Waals surface area (Å²) < 4.78 is 10.8. The van der Waals surface area contributed by atoms with Crippen molar-refractivity contribution in [3.05, 3.63) is 0 Å². The summed E-state index contributed by atoms with van der Waals surface area (Å²) in [6.07, 6.45) is 8.89. The van der Waals surface area contributed by atoms with Gasteiger partial charge >= 0.3 is 0 Å². The van der Waals surface area contributed by atoms with Crippen LogP contribution in [0.25, 0.3) is 0 Å². The van der Waals surface area contributed by atoms with Crippen molar-refractivity contribution in [3.63, 3.8) is 0 Å². The fourth-order valence-corrected chi connectivity index (χ4v) is 3.53. The second-order valence-electron chi connectivity index (χ2n) is 5.86. The van der Waals surface area contributed by atoms with Gasteiger partial charge in [-0.1, -0.05) is 12.8 Å². The van der Waals surface area contributed by atoms with Gasteiger partial charge in [-0.05, 0) is 43.6 Å². The molecule has 2 aliphatic heterocycles. The van der Waals surface area contributed by atoms with Crippen LogP contribution in [0.1, 0.15) is 38.5 Å². The fourth-order valence-electron chi connectivity index (χ4n) is 3.53. The predicted molar refractivity (Wildman–Crippen MR) is 62.2 cm³/mol. The highest BCUT2D eigenvalue weighted by Crippen LogP contribution is 2.48. The quantitative estimate of drug-likeness (QED) is 0.724. The van der Waals surface area contributed by atoms with Crippen molar-refractivity contribution in [2.24, 2.45) is 17.1 Å². The Bertz CT molecular complexity index is 250. The zero-order chi connectivity index (χ0) is 11.0. The number of rotatable bonds is 5. The second-order valence-corrected chi connectivity index (χ2v) is 5.86. The molecule has 2 saturated heterocycles. The van der Waals surface area contributed by atoms with Gasteiger partial charge in [0, 0.05) is 0 Å². The zero-order valence-electron chi connectivity index (χ0n) is 9.99. The molecule has 0 aromatic rings. The van der Waals surface area contributed by atoms with E-state index in [1.54, 1.807) is 0 Å². The van der Waals surface area contributed by atoms with Crippen LogP contribution in [0.4, 0.5) is 0 Å². The Labute approximate surface area is 97.7 Å². The van der Waals surface area contributed by atoms with E-state index in [1.165, 1.54) is 38.5 Å². The molecule has 0 spiro atoms. The second kappa shape index (κ2) is 4.28. The van der Waals surface area contributed by atoms with Crippen LogP contribution in [0.2, 0.25) is 0 Å². The molecule has 0 aromatic heterocycles. The molecule has 3 aliphatic rings. The molecule has 2 heterocycles. The molecule has 4 unspecified atom stereocenters. The maximum Gasteiger partial charge on any atom is 0.0815 e. The number of hydrogen-bond acceptors (Lipinski definition) is 3. The highest BCUT2D eigenvalue weighted by molar-refractivity contribution is 4.96. The third-order valence-corrected chi connectivity index (χ3v) is 4.74. The molecular formula is C13H23NO2. The van der Waals surface area contributed by atoms with Gasteiger partial charge in [-0.3, -0.25) is 0 Å². The van der Waals surface area contributed by atoms with Gasteiger partial charge in [0.25, 0.3) is 0 Å². The summed E-state index contributed by atoms with van der Waals surface area (Å²) >= 11 is 0. The molecule has 0 amide bonds. The molecule has 0 radical (unpaired) electrons. The molecule has 0 aromatic carbocycles. The van der Waals surface area contributed by atoms with Gasteiger partial charge in [0.15, 0.2) is 0 Å². The van der Waals surface area contributed by atoms with Crippen LogP contribution in [0.5, 0.6) is 0 Å². The molecule has 92 valence electrons. The third-order valence-electron chi connectivity index (χ3n) is 4.74. The Hall–Kier alpha value is -0.120. The minimum absolute atomic E-state index is 0.366. The van der Waals surface area contributed by atoms with Crippen LogP contribution >= 0.6 is 0 Å². The van der Waals surface area contributed by atoms with Crippen molar-refractivity contribution in [3.8, 4) is 0 Å². The van der Waals surface area contributed by atoms with Crippen molar-refractivity contribution in [1.82, 2.24) is 0 Å². The van der Waals surface area contributed by atoms with Gasteiger partial charge in [-0.25, -0.2) is 0 Å². The Morgan fingerprint density at radius 3 is 2.50 bits per heavy atom. The van der Waals surface area contributed by atoms with E-state index in [0.29, 0.717) is 17.6 Å². The van der Waals surface area contributed by atoms with Gasteiger partial charge in [0.05, 0.1) is 25.4 Å². The highest BCUT2D eigenvalue weighted by atomic mass is 16.6. The summed E-state index contributed by atoms with van der Waals surface area (Å²) in [5.41, 5.74) is 6.47. The minimum Gasteiger partial charge on any atom is -0.373 e. The van der Waals surface area contributed by atoms with E-state index in [1.807, 2.05) is 0 Å². The van der Waals surface area contributed by atoms with Crippen molar-refractivity contribution in [2.45, 2.75) is 50.7 Å². The maximum absolute atomic E-state index is 6.10. The molecular weight excluding hydrogens is 202 g/mol. The van der Waals surface area contributed by atoms with Crippen molar-refractivity contribution < 1.29 is 9.47 Å². The number of hydrogen-bond donors (Lipinski definition) is 1. The predicted octanol–water partition coefficient (Wildman–Crippen LogP) is 1.70. The van der Waals surface area contributed by atoms with Gasteiger partial charge in [-0.15, -0.1) is 0 Å². The largest absolute Gasteiger partial charge is 0.373 e. The van der Waals surface area contributed by atoms with Gasteiger partial charge in [0.2, 0.25) is 0 Å². The zero-order valence-corrected chi connectivity index (χ0v) is 9.99. The highest BCUT2D eigenvalue weighted by Gasteiger charge is 2.45. The van der Waals surface area contributed by atoms with Crippen LogP contribution in [0.3, 0.4) is 0 Å². The lowest BCUT2D eigenvalue weighted by Crippen LogP contribution is -2.42. The average Bonchev–Trinajstić information content (AvgIpc) is 3.16. The minimum atomic E-state index is 0.366. The molecule has 1 saturated carbocycles. The number of ether oxygens (including phenoxy) is 2.